The molecule has 1 aromatic carbocycles. The first-order valence-corrected chi connectivity index (χ1v) is 9.20. The van der Waals surface area contributed by atoms with Crippen molar-refractivity contribution in [1.82, 2.24) is 15.1 Å². The molecule has 0 saturated carbocycles. The van der Waals surface area contributed by atoms with Crippen LogP contribution in [0.2, 0.25) is 10.0 Å². The number of nitrogens with one attached hydrogen (secondary N) is 1. The van der Waals surface area contributed by atoms with Crippen LogP contribution in [0.3, 0.4) is 0 Å². The highest BCUT2D eigenvalue weighted by molar-refractivity contribution is 6.35. The zero-order valence-electron chi connectivity index (χ0n) is 14.4. The van der Waals surface area contributed by atoms with Crippen LogP contribution in [0, 0.1) is 5.92 Å². The molecular formula is C18H20Cl2N4O2. The molecule has 1 saturated heterocycles. The smallest absolute Gasteiger partial charge is 0.266 e. The van der Waals surface area contributed by atoms with Gasteiger partial charge in [-0.2, -0.15) is 5.10 Å². The third-order valence-electron chi connectivity index (χ3n) is 4.60. The zero-order chi connectivity index (χ0) is 18.7. The fraction of sp³-hybridized carbons (Fsp3) is 0.389. The Balaban J connectivity index is 1.53. The van der Waals surface area contributed by atoms with Crippen molar-refractivity contribution in [2.24, 2.45) is 13.0 Å². The lowest BCUT2D eigenvalue weighted by Gasteiger charge is -2.32. The summed E-state index contributed by atoms with van der Waals surface area (Å²) >= 11 is 12.0. The van der Waals surface area contributed by atoms with Crippen LogP contribution < -0.4 is 15.8 Å². The lowest BCUT2D eigenvalue weighted by molar-refractivity contribution is -0.125. The molecule has 1 aliphatic heterocycles. The van der Waals surface area contributed by atoms with E-state index >= 15 is 0 Å². The van der Waals surface area contributed by atoms with Gasteiger partial charge in [0.15, 0.2) is 0 Å². The molecule has 3 rings (SSSR count). The summed E-state index contributed by atoms with van der Waals surface area (Å²) in [4.78, 5) is 26.0. The molecule has 1 aromatic heterocycles. The minimum Gasteiger partial charge on any atom is -0.355 e. The monoisotopic (exact) mass is 394 g/mol. The van der Waals surface area contributed by atoms with E-state index in [-0.39, 0.29) is 17.4 Å². The Morgan fingerprint density at radius 2 is 1.96 bits per heavy atom. The number of nitrogens with zero attached hydrogens (tertiary/aromatic N) is 3. The SMILES string of the molecule is Cn1nc(N2CCC(C(=O)NCc3ccc(Cl)cc3Cl)CC2)ccc1=O. The maximum atomic E-state index is 12.4. The van der Waals surface area contributed by atoms with E-state index in [1.54, 1.807) is 25.2 Å². The minimum atomic E-state index is -0.135. The van der Waals surface area contributed by atoms with Gasteiger partial charge in [-0.25, -0.2) is 4.68 Å². The molecule has 26 heavy (non-hydrogen) atoms. The number of halogens is 2. The largest absolute Gasteiger partial charge is 0.355 e. The van der Waals surface area contributed by atoms with Crippen molar-refractivity contribution in [3.63, 3.8) is 0 Å². The predicted octanol–water partition coefficient (Wildman–Crippen LogP) is 2.62. The first kappa shape index (κ1) is 18.7. The lowest BCUT2D eigenvalue weighted by Crippen LogP contribution is -2.41. The fourth-order valence-corrected chi connectivity index (χ4v) is 3.50. The maximum absolute atomic E-state index is 12.4. The molecule has 0 atom stereocenters. The van der Waals surface area contributed by atoms with Crippen LogP contribution in [0.4, 0.5) is 5.82 Å². The molecule has 1 amide bonds. The van der Waals surface area contributed by atoms with Gasteiger partial charge < -0.3 is 10.2 Å². The number of amides is 1. The first-order chi connectivity index (χ1) is 12.4. The van der Waals surface area contributed by atoms with Gasteiger partial charge in [0.2, 0.25) is 5.91 Å². The van der Waals surface area contributed by atoms with E-state index in [0.29, 0.717) is 16.6 Å². The van der Waals surface area contributed by atoms with Gasteiger partial charge in [0, 0.05) is 48.7 Å². The Morgan fingerprint density at radius 1 is 1.23 bits per heavy atom. The van der Waals surface area contributed by atoms with Crippen molar-refractivity contribution in [3.8, 4) is 0 Å². The van der Waals surface area contributed by atoms with Crippen molar-refractivity contribution in [2.45, 2.75) is 19.4 Å². The van der Waals surface area contributed by atoms with Gasteiger partial charge in [-0.1, -0.05) is 29.3 Å². The second kappa shape index (κ2) is 8.10. The van der Waals surface area contributed by atoms with E-state index < -0.39 is 0 Å². The summed E-state index contributed by atoms with van der Waals surface area (Å²) in [5.74, 6) is 0.757. The highest BCUT2D eigenvalue weighted by atomic mass is 35.5. The maximum Gasteiger partial charge on any atom is 0.266 e. The second-order valence-corrected chi connectivity index (χ2v) is 7.21. The van der Waals surface area contributed by atoms with E-state index in [2.05, 4.69) is 15.3 Å². The van der Waals surface area contributed by atoms with Gasteiger partial charge in [-0.05, 0) is 36.6 Å². The molecular weight excluding hydrogens is 375 g/mol. The molecule has 8 heteroatoms. The van der Waals surface area contributed by atoms with E-state index in [0.717, 1.165) is 37.3 Å². The van der Waals surface area contributed by atoms with Crippen LogP contribution in [0.1, 0.15) is 18.4 Å². The number of benzene rings is 1. The van der Waals surface area contributed by atoms with Gasteiger partial charge in [0.25, 0.3) is 5.56 Å². The standard InChI is InChI=1S/C18H20Cl2N4O2/c1-23-17(25)5-4-16(22-23)24-8-6-12(7-9-24)18(26)21-11-13-2-3-14(19)10-15(13)20/h2-5,10,12H,6-9,11H2,1H3,(H,21,26). The van der Waals surface area contributed by atoms with E-state index in [4.69, 9.17) is 23.2 Å². The highest BCUT2D eigenvalue weighted by Crippen LogP contribution is 2.23. The number of piperidine rings is 1. The Bertz CT molecular complexity index is 861. The van der Waals surface area contributed by atoms with Crippen LogP contribution >= 0.6 is 23.2 Å². The van der Waals surface area contributed by atoms with Gasteiger partial charge in [0.1, 0.15) is 5.82 Å². The third kappa shape index (κ3) is 4.37. The molecule has 1 fully saturated rings. The Kier molecular flexibility index (Phi) is 5.84. The molecule has 6 nitrogen and oxygen atoms in total. The molecule has 0 aliphatic carbocycles. The topological polar surface area (TPSA) is 67.2 Å². The van der Waals surface area contributed by atoms with Crippen molar-refractivity contribution in [3.05, 3.63) is 56.3 Å². The summed E-state index contributed by atoms with van der Waals surface area (Å²) in [7, 11) is 1.63. The number of anilines is 1. The normalized spacial score (nSPS) is 15.1. The average Bonchev–Trinajstić information content (AvgIpc) is 2.63. The number of aromatic nitrogens is 2. The number of carbonyl (C=O) groups is 1. The van der Waals surface area contributed by atoms with Crippen molar-refractivity contribution in [1.29, 1.82) is 0 Å². The number of aryl methyl sites for hydroxylation is 1. The predicted molar refractivity (Wildman–Crippen MR) is 103 cm³/mol. The van der Waals surface area contributed by atoms with Gasteiger partial charge >= 0.3 is 0 Å². The Morgan fingerprint density at radius 3 is 2.62 bits per heavy atom. The van der Waals surface area contributed by atoms with Gasteiger partial charge in [0.05, 0.1) is 0 Å². The number of hydrogen-bond acceptors (Lipinski definition) is 4. The van der Waals surface area contributed by atoms with Crippen LogP contribution in [-0.4, -0.2) is 28.8 Å². The summed E-state index contributed by atoms with van der Waals surface area (Å²) in [5.41, 5.74) is 0.708. The lowest BCUT2D eigenvalue weighted by atomic mass is 9.96. The first-order valence-electron chi connectivity index (χ1n) is 8.45. The van der Waals surface area contributed by atoms with Crippen molar-refractivity contribution < 1.29 is 4.79 Å². The average molecular weight is 395 g/mol. The molecule has 2 heterocycles. The number of carbonyl (C=O) groups excluding carboxylic acids is 1. The molecule has 0 bridgehead atoms. The summed E-state index contributed by atoms with van der Waals surface area (Å²) in [6.45, 7) is 1.84. The van der Waals surface area contributed by atoms with E-state index in [1.807, 2.05) is 6.07 Å². The summed E-state index contributed by atoms with van der Waals surface area (Å²) in [5, 5.41) is 8.34. The minimum absolute atomic E-state index is 0.0316. The molecule has 1 N–H and O–H groups in total. The summed E-state index contributed by atoms with van der Waals surface area (Å²) < 4.78 is 1.32. The van der Waals surface area contributed by atoms with E-state index in [1.165, 1.54) is 10.7 Å². The highest BCUT2D eigenvalue weighted by Gasteiger charge is 2.25. The summed E-state index contributed by atoms with van der Waals surface area (Å²) in [6, 6.07) is 8.48. The van der Waals surface area contributed by atoms with Crippen LogP contribution in [0.5, 0.6) is 0 Å². The molecule has 0 spiro atoms. The van der Waals surface area contributed by atoms with Crippen molar-refractivity contribution in [2.75, 3.05) is 18.0 Å². The molecule has 0 unspecified atom stereocenters. The number of rotatable bonds is 4. The van der Waals surface area contributed by atoms with Crippen molar-refractivity contribution >= 4 is 34.9 Å². The molecule has 1 aliphatic rings. The summed E-state index contributed by atoms with van der Waals surface area (Å²) in [6.07, 6.45) is 1.48. The van der Waals surface area contributed by atoms with E-state index in [9.17, 15) is 9.59 Å². The fourth-order valence-electron chi connectivity index (χ4n) is 3.02. The van der Waals surface area contributed by atoms with Crippen LogP contribution in [0.15, 0.2) is 35.1 Å². The zero-order valence-corrected chi connectivity index (χ0v) is 15.9. The molecule has 0 radical (unpaired) electrons. The number of hydrogen-bond donors (Lipinski definition) is 1. The van der Waals surface area contributed by atoms with Crippen LogP contribution in [0.25, 0.3) is 0 Å². The Hall–Kier alpha value is -2.05. The quantitative estimate of drug-likeness (QED) is 0.865. The second-order valence-electron chi connectivity index (χ2n) is 6.37. The van der Waals surface area contributed by atoms with Gasteiger partial charge in [-0.15, -0.1) is 0 Å². The van der Waals surface area contributed by atoms with Crippen LogP contribution in [-0.2, 0) is 18.4 Å². The molecule has 138 valence electrons. The Labute approximate surface area is 161 Å². The molecule has 2 aromatic rings. The third-order valence-corrected chi connectivity index (χ3v) is 5.19. The van der Waals surface area contributed by atoms with Gasteiger partial charge in [-0.3, -0.25) is 9.59 Å².